The standard InChI is InChI=1S/C11H15N3O/c1-7(2)15-9-5-4-8-6-13-14(3)11(8)10(9)12/h4-7H,12H2,1-3H3. The summed E-state index contributed by atoms with van der Waals surface area (Å²) >= 11 is 0. The highest BCUT2D eigenvalue weighted by Gasteiger charge is 2.10. The summed E-state index contributed by atoms with van der Waals surface area (Å²) in [4.78, 5) is 0. The molecule has 0 aliphatic carbocycles. The fourth-order valence-electron chi connectivity index (χ4n) is 1.63. The predicted octanol–water partition coefficient (Wildman–Crippen LogP) is 1.94. The second-order valence-electron chi connectivity index (χ2n) is 3.85. The summed E-state index contributed by atoms with van der Waals surface area (Å²) in [5, 5.41) is 5.19. The summed E-state index contributed by atoms with van der Waals surface area (Å²) in [6, 6.07) is 3.86. The van der Waals surface area contributed by atoms with Gasteiger partial charge in [0.05, 0.1) is 17.8 Å². The molecule has 4 heteroatoms. The van der Waals surface area contributed by atoms with Gasteiger partial charge in [0.15, 0.2) is 0 Å². The number of hydrogen-bond donors (Lipinski definition) is 1. The maximum Gasteiger partial charge on any atom is 0.144 e. The Hall–Kier alpha value is -1.71. The van der Waals surface area contributed by atoms with Gasteiger partial charge in [0, 0.05) is 12.4 Å². The van der Waals surface area contributed by atoms with Gasteiger partial charge >= 0.3 is 0 Å². The van der Waals surface area contributed by atoms with E-state index in [1.54, 1.807) is 10.9 Å². The zero-order chi connectivity index (χ0) is 11.0. The molecular formula is C11H15N3O. The predicted molar refractivity (Wildman–Crippen MR) is 60.9 cm³/mol. The molecule has 1 heterocycles. The van der Waals surface area contributed by atoms with E-state index in [4.69, 9.17) is 10.5 Å². The summed E-state index contributed by atoms with van der Waals surface area (Å²) in [6.45, 7) is 3.96. The average Bonchev–Trinajstić information content (AvgIpc) is 2.53. The van der Waals surface area contributed by atoms with Crippen LogP contribution in [-0.4, -0.2) is 15.9 Å². The van der Waals surface area contributed by atoms with Gasteiger partial charge in [0.2, 0.25) is 0 Å². The quantitative estimate of drug-likeness (QED) is 0.762. The van der Waals surface area contributed by atoms with E-state index >= 15 is 0 Å². The largest absolute Gasteiger partial charge is 0.489 e. The van der Waals surface area contributed by atoms with Gasteiger partial charge in [-0.05, 0) is 26.0 Å². The number of nitrogens with two attached hydrogens (primary N) is 1. The minimum Gasteiger partial charge on any atom is -0.489 e. The van der Waals surface area contributed by atoms with Crippen LogP contribution in [-0.2, 0) is 7.05 Å². The lowest BCUT2D eigenvalue weighted by atomic mass is 10.2. The fourth-order valence-corrected chi connectivity index (χ4v) is 1.63. The van der Waals surface area contributed by atoms with Crippen LogP contribution < -0.4 is 10.5 Å². The Kier molecular flexibility index (Phi) is 2.26. The average molecular weight is 205 g/mol. The number of rotatable bonds is 2. The third-order valence-corrected chi connectivity index (χ3v) is 2.26. The summed E-state index contributed by atoms with van der Waals surface area (Å²) in [7, 11) is 1.87. The van der Waals surface area contributed by atoms with Crippen LogP contribution in [0.15, 0.2) is 18.3 Å². The number of anilines is 1. The minimum absolute atomic E-state index is 0.123. The van der Waals surface area contributed by atoms with Gasteiger partial charge in [0.25, 0.3) is 0 Å². The van der Waals surface area contributed by atoms with Crippen LogP contribution >= 0.6 is 0 Å². The van der Waals surface area contributed by atoms with Gasteiger partial charge in [-0.3, -0.25) is 4.68 Å². The summed E-state index contributed by atoms with van der Waals surface area (Å²) in [6.07, 6.45) is 1.92. The molecule has 1 aromatic heterocycles. The van der Waals surface area contributed by atoms with Crippen LogP contribution in [0.3, 0.4) is 0 Å². The van der Waals surface area contributed by atoms with Crippen molar-refractivity contribution >= 4 is 16.6 Å². The van der Waals surface area contributed by atoms with Gasteiger partial charge in [0.1, 0.15) is 11.4 Å². The molecule has 4 nitrogen and oxygen atoms in total. The molecule has 1 aromatic carbocycles. The summed E-state index contributed by atoms with van der Waals surface area (Å²) in [5.41, 5.74) is 7.60. The maximum absolute atomic E-state index is 6.03. The maximum atomic E-state index is 6.03. The van der Waals surface area contributed by atoms with E-state index in [9.17, 15) is 0 Å². The molecular weight excluding hydrogens is 190 g/mol. The van der Waals surface area contributed by atoms with Crippen LogP contribution in [0, 0.1) is 0 Å². The molecule has 0 radical (unpaired) electrons. The van der Waals surface area contributed by atoms with Gasteiger partial charge in [-0.2, -0.15) is 5.10 Å². The number of nitrogens with zero attached hydrogens (tertiary/aromatic N) is 2. The molecule has 0 amide bonds. The van der Waals surface area contributed by atoms with E-state index in [-0.39, 0.29) is 6.10 Å². The first kappa shape index (κ1) is 9.83. The van der Waals surface area contributed by atoms with Gasteiger partial charge in [-0.15, -0.1) is 0 Å². The van der Waals surface area contributed by atoms with Crippen molar-refractivity contribution in [3.8, 4) is 5.75 Å². The normalized spacial score (nSPS) is 11.2. The Morgan fingerprint density at radius 2 is 2.13 bits per heavy atom. The molecule has 0 fully saturated rings. The lowest BCUT2D eigenvalue weighted by Crippen LogP contribution is -2.08. The van der Waals surface area contributed by atoms with Crippen LogP contribution in [0.4, 0.5) is 5.69 Å². The van der Waals surface area contributed by atoms with Crippen LogP contribution in [0.1, 0.15) is 13.8 Å². The van der Waals surface area contributed by atoms with E-state index in [0.29, 0.717) is 5.69 Å². The molecule has 0 aliphatic rings. The summed E-state index contributed by atoms with van der Waals surface area (Å²) < 4.78 is 7.37. The van der Waals surface area contributed by atoms with E-state index < -0.39 is 0 Å². The Balaban J connectivity index is 2.58. The molecule has 80 valence electrons. The Labute approximate surface area is 88.6 Å². The Bertz CT molecular complexity index is 488. The van der Waals surface area contributed by atoms with E-state index in [2.05, 4.69) is 5.10 Å². The number of nitrogen functional groups attached to an aromatic ring is 1. The third kappa shape index (κ3) is 1.63. The first-order chi connectivity index (χ1) is 7.09. The second kappa shape index (κ2) is 3.46. The Morgan fingerprint density at radius 1 is 1.40 bits per heavy atom. The van der Waals surface area contributed by atoms with Crippen molar-refractivity contribution < 1.29 is 4.74 Å². The SMILES string of the molecule is CC(C)Oc1ccc2cnn(C)c2c1N. The lowest BCUT2D eigenvalue weighted by Gasteiger charge is -2.12. The molecule has 0 bridgehead atoms. The molecule has 0 aliphatic heterocycles. The summed E-state index contributed by atoms with van der Waals surface area (Å²) in [5.74, 6) is 0.723. The topological polar surface area (TPSA) is 53.1 Å². The van der Waals surface area contributed by atoms with Gasteiger partial charge in [-0.1, -0.05) is 0 Å². The van der Waals surface area contributed by atoms with Crippen molar-refractivity contribution in [1.82, 2.24) is 9.78 Å². The lowest BCUT2D eigenvalue weighted by molar-refractivity contribution is 0.244. The minimum atomic E-state index is 0.123. The van der Waals surface area contributed by atoms with Crippen molar-refractivity contribution in [2.45, 2.75) is 20.0 Å². The number of fused-ring (bicyclic) bond motifs is 1. The van der Waals surface area contributed by atoms with Crippen LogP contribution in [0.5, 0.6) is 5.75 Å². The smallest absolute Gasteiger partial charge is 0.144 e. The van der Waals surface area contributed by atoms with E-state index in [0.717, 1.165) is 16.7 Å². The first-order valence-electron chi connectivity index (χ1n) is 4.96. The zero-order valence-electron chi connectivity index (χ0n) is 9.19. The molecule has 0 saturated heterocycles. The van der Waals surface area contributed by atoms with Crippen molar-refractivity contribution in [3.05, 3.63) is 18.3 Å². The van der Waals surface area contributed by atoms with E-state index in [1.807, 2.05) is 33.0 Å². The van der Waals surface area contributed by atoms with Crippen molar-refractivity contribution in [2.24, 2.45) is 7.05 Å². The molecule has 2 aromatic rings. The monoisotopic (exact) mass is 205 g/mol. The van der Waals surface area contributed by atoms with Crippen LogP contribution in [0.25, 0.3) is 10.9 Å². The highest BCUT2D eigenvalue weighted by Crippen LogP contribution is 2.30. The number of ether oxygens (including phenoxy) is 1. The second-order valence-corrected chi connectivity index (χ2v) is 3.85. The van der Waals surface area contributed by atoms with Crippen molar-refractivity contribution in [3.63, 3.8) is 0 Å². The molecule has 0 saturated carbocycles. The fraction of sp³-hybridized carbons (Fsp3) is 0.364. The van der Waals surface area contributed by atoms with Gasteiger partial charge < -0.3 is 10.5 Å². The van der Waals surface area contributed by atoms with Crippen molar-refractivity contribution in [2.75, 3.05) is 5.73 Å². The van der Waals surface area contributed by atoms with Gasteiger partial charge in [-0.25, -0.2) is 0 Å². The highest BCUT2D eigenvalue weighted by molar-refractivity contribution is 5.92. The number of hydrogen-bond acceptors (Lipinski definition) is 3. The molecule has 0 spiro atoms. The molecule has 2 rings (SSSR count). The molecule has 0 unspecified atom stereocenters. The van der Waals surface area contributed by atoms with Crippen molar-refractivity contribution in [1.29, 1.82) is 0 Å². The highest BCUT2D eigenvalue weighted by atomic mass is 16.5. The van der Waals surface area contributed by atoms with Crippen LogP contribution in [0.2, 0.25) is 0 Å². The zero-order valence-corrected chi connectivity index (χ0v) is 9.19. The number of aromatic nitrogens is 2. The van der Waals surface area contributed by atoms with E-state index in [1.165, 1.54) is 0 Å². The third-order valence-electron chi connectivity index (χ3n) is 2.26. The molecule has 15 heavy (non-hydrogen) atoms. The molecule has 2 N–H and O–H groups in total. The molecule has 0 atom stereocenters. The number of aryl methyl sites for hydroxylation is 1. The Morgan fingerprint density at radius 3 is 2.80 bits per heavy atom. The number of benzene rings is 1. The first-order valence-corrected chi connectivity index (χ1v) is 4.96.